The van der Waals surface area contributed by atoms with E-state index in [0.29, 0.717) is 0 Å². The van der Waals surface area contributed by atoms with E-state index in [1.807, 2.05) is 12.1 Å². The monoisotopic (exact) mass is 198 g/mol. The van der Waals surface area contributed by atoms with Crippen molar-refractivity contribution in [3.63, 3.8) is 0 Å². The van der Waals surface area contributed by atoms with E-state index < -0.39 is 0 Å². The number of fused-ring (bicyclic) bond motifs is 3. The fraction of sp³-hybridized carbons (Fsp3) is 0.167. The molecule has 0 amide bonds. The zero-order chi connectivity index (χ0) is 10.3. The molecular weight excluding hydrogens is 188 g/mol. The summed E-state index contributed by atoms with van der Waals surface area (Å²) in [5, 5.41) is 6.56. The molecule has 3 rings (SSSR count). The second-order valence-electron chi connectivity index (χ2n) is 3.75. The van der Waals surface area contributed by atoms with Crippen LogP contribution in [0.5, 0.6) is 0 Å². The Hall–Kier alpha value is -1.90. The van der Waals surface area contributed by atoms with Crippen molar-refractivity contribution in [2.45, 2.75) is 12.8 Å². The number of nitrogens with zero attached hydrogens (tertiary/aromatic N) is 1. The van der Waals surface area contributed by atoms with Gasteiger partial charge < -0.3 is 0 Å². The van der Waals surface area contributed by atoms with E-state index >= 15 is 0 Å². The second kappa shape index (κ2) is 3.05. The highest BCUT2D eigenvalue weighted by Gasteiger charge is 2.16. The smallest absolute Gasteiger partial charge is 0.264 e. The number of benzene rings is 1. The van der Waals surface area contributed by atoms with Crippen LogP contribution >= 0.6 is 0 Å². The lowest BCUT2D eigenvalue weighted by atomic mass is 9.89. The fourth-order valence-corrected chi connectivity index (χ4v) is 2.11. The van der Waals surface area contributed by atoms with E-state index in [1.165, 1.54) is 5.56 Å². The Labute approximate surface area is 86.8 Å². The van der Waals surface area contributed by atoms with Crippen molar-refractivity contribution in [2.75, 3.05) is 0 Å². The topological polar surface area (TPSA) is 45.8 Å². The first-order valence-corrected chi connectivity index (χ1v) is 5.01. The summed E-state index contributed by atoms with van der Waals surface area (Å²) in [5.41, 5.74) is 4.30. The summed E-state index contributed by atoms with van der Waals surface area (Å²) in [6.45, 7) is 0. The molecule has 0 bridgehead atoms. The van der Waals surface area contributed by atoms with E-state index in [2.05, 4.69) is 22.3 Å². The van der Waals surface area contributed by atoms with Crippen LogP contribution in [0.25, 0.3) is 11.1 Å². The summed E-state index contributed by atoms with van der Waals surface area (Å²) in [4.78, 5) is 11.2. The zero-order valence-corrected chi connectivity index (χ0v) is 8.16. The summed E-state index contributed by atoms with van der Waals surface area (Å²) < 4.78 is 0. The lowest BCUT2D eigenvalue weighted by Crippen LogP contribution is -2.14. The van der Waals surface area contributed by atoms with Crippen molar-refractivity contribution in [3.05, 3.63) is 51.9 Å². The Morgan fingerprint density at radius 3 is 2.93 bits per heavy atom. The summed E-state index contributed by atoms with van der Waals surface area (Å²) in [6, 6.07) is 9.83. The van der Waals surface area contributed by atoms with Crippen LogP contribution in [0.15, 0.2) is 35.1 Å². The van der Waals surface area contributed by atoms with E-state index in [0.717, 1.165) is 29.7 Å². The Balaban J connectivity index is 2.33. The van der Waals surface area contributed by atoms with Crippen LogP contribution in [0.2, 0.25) is 0 Å². The maximum Gasteiger partial charge on any atom is 0.264 e. The Bertz CT molecular complexity index is 572. The van der Waals surface area contributed by atoms with Crippen LogP contribution in [0.4, 0.5) is 0 Å². The molecule has 1 aliphatic rings. The van der Waals surface area contributed by atoms with Crippen molar-refractivity contribution in [1.82, 2.24) is 10.2 Å². The predicted octanol–water partition coefficient (Wildman–Crippen LogP) is 1.54. The second-order valence-corrected chi connectivity index (χ2v) is 3.75. The lowest BCUT2D eigenvalue weighted by molar-refractivity contribution is 0.833. The summed E-state index contributed by atoms with van der Waals surface area (Å²) >= 11 is 0. The van der Waals surface area contributed by atoms with Crippen molar-refractivity contribution in [2.24, 2.45) is 0 Å². The molecule has 1 aromatic heterocycles. The normalized spacial score (nSPS) is 13.1. The first-order chi connectivity index (χ1) is 7.34. The number of aryl methyl sites for hydroxylation is 2. The molecule has 1 N–H and O–H groups in total. The summed E-state index contributed by atoms with van der Waals surface area (Å²) in [6.07, 6.45) is 1.91. The molecule has 0 spiro atoms. The van der Waals surface area contributed by atoms with Crippen molar-refractivity contribution >= 4 is 0 Å². The van der Waals surface area contributed by atoms with E-state index in [1.54, 1.807) is 6.07 Å². The Morgan fingerprint density at radius 1 is 1.13 bits per heavy atom. The van der Waals surface area contributed by atoms with Crippen LogP contribution in [0.3, 0.4) is 0 Å². The molecule has 2 aromatic rings. The van der Waals surface area contributed by atoms with Gasteiger partial charge in [0.1, 0.15) is 0 Å². The SMILES string of the molecule is O=c1cc2c(n[nH]1)CCc1ccccc1-2. The highest BCUT2D eigenvalue weighted by atomic mass is 16.1. The fourth-order valence-electron chi connectivity index (χ4n) is 2.11. The van der Waals surface area contributed by atoms with Crippen LogP contribution < -0.4 is 5.56 Å². The largest absolute Gasteiger partial charge is 0.268 e. The maximum absolute atomic E-state index is 11.2. The quantitative estimate of drug-likeness (QED) is 0.697. The van der Waals surface area contributed by atoms with Gasteiger partial charge in [-0.2, -0.15) is 5.10 Å². The van der Waals surface area contributed by atoms with Gasteiger partial charge in [-0.1, -0.05) is 24.3 Å². The van der Waals surface area contributed by atoms with Crippen LogP contribution in [-0.4, -0.2) is 10.2 Å². The standard InChI is InChI=1S/C12H10N2O/c15-12-7-10-9-4-2-1-3-8(9)5-6-11(10)13-14-12/h1-4,7H,5-6H2,(H,14,15). The minimum atomic E-state index is -0.134. The molecule has 1 aromatic carbocycles. The molecule has 1 heterocycles. The van der Waals surface area contributed by atoms with Gasteiger partial charge in [0.2, 0.25) is 0 Å². The first-order valence-electron chi connectivity index (χ1n) is 5.01. The molecule has 0 radical (unpaired) electrons. The third-order valence-electron chi connectivity index (χ3n) is 2.83. The summed E-state index contributed by atoms with van der Waals surface area (Å²) in [7, 11) is 0. The van der Waals surface area contributed by atoms with Gasteiger partial charge in [-0.25, -0.2) is 5.10 Å². The zero-order valence-electron chi connectivity index (χ0n) is 8.16. The molecule has 0 atom stereocenters. The molecule has 1 aliphatic carbocycles. The van der Waals surface area contributed by atoms with Gasteiger partial charge in [-0.05, 0) is 24.0 Å². The van der Waals surface area contributed by atoms with Crippen LogP contribution in [-0.2, 0) is 12.8 Å². The molecule has 15 heavy (non-hydrogen) atoms. The number of aromatic amines is 1. The molecule has 3 heteroatoms. The molecule has 3 nitrogen and oxygen atoms in total. The van der Waals surface area contributed by atoms with E-state index in [4.69, 9.17) is 0 Å². The highest BCUT2D eigenvalue weighted by Crippen LogP contribution is 2.30. The van der Waals surface area contributed by atoms with Crippen LogP contribution in [0, 0.1) is 0 Å². The van der Waals surface area contributed by atoms with Gasteiger partial charge >= 0.3 is 0 Å². The van der Waals surface area contributed by atoms with Crippen molar-refractivity contribution in [1.29, 1.82) is 0 Å². The van der Waals surface area contributed by atoms with Crippen molar-refractivity contribution < 1.29 is 0 Å². The third kappa shape index (κ3) is 1.28. The number of hydrogen-bond donors (Lipinski definition) is 1. The Kier molecular flexibility index (Phi) is 1.71. The number of nitrogens with one attached hydrogen (secondary N) is 1. The number of hydrogen-bond acceptors (Lipinski definition) is 2. The number of H-pyrrole nitrogens is 1. The van der Waals surface area contributed by atoms with Gasteiger partial charge in [0.15, 0.2) is 0 Å². The average Bonchev–Trinajstić information content (AvgIpc) is 2.29. The molecular formula is C12H10N2O. The predicted molar refractivity (Wildman–Crippen MR) is 57.7 cm³/mol. The van der Waals surface area contributed by atoms with Gasteiger partial charge in [0.25, 0.3) is 5.56 Å². The molecule has 0 fully saturated rings. The number of aromatic nitrogens is 2. The minimum absolute atomic E-state index is 0.134. The lowest BCUT2D eigenvalue weighted by Gasteiger charge is -2.17. The molecule has 0 unspecified atom stereocenters. The van der Waals surface area contributed by atoms with E-state index in [9.17, 15) is 4.79 Å². The molecule has 74 valence electrons. The minimum Gasteiger partial charge on any atom is -0.268 e. The molecule has 0 saturated heterocycles. The van der Waals surface area contributed by atoms with E-state index in [-0.39, 0.29) is 5.56 Å². The Morgan fingerprint density at radius 2 is 2.00 bits per heavy atom. The van der Waals surface area contributed by atoms with Crippen molar-refractivity contribution in [3.8, 4) is 11.1 Å². The van der Waals surface area contributed by atoms with Gasteiger partial charge in [0, 0.05) is 11.6 Å². The third-order valence-corrected chi connectivity index (χ3v) is 2.83. The molecule has 0 saturated carbocycles. The number of rotatable bonds is 0. The summed E-state index contributed by atoms with van der Waals surface area (Å²) in [5.74, 6) is 0. The van der Waals surface area contributed by atoms with Crippen LogP contribution in [0.1, 0.15) is 11.3 Å². The van der Waals surface area contributed by atoms with Gasteiger partial charge in [0.05, 0.1) is 5.69 Å². The maximum atomic E-state index is 11.2. The first kappa shape index (κ1) is 8.41. The van der Waals surface area contributed by atoms with Gasteiger partial charge in [-0.15, -0.1) is 0 Å². The average molecular weight is 198 g/mol. The molecule has 0 aliphatic heterocycles. The highest BCUT2D eigenvalue weighted by molar-refractivity contribution is 5.71. The van der Waals surface area contributed by atoms with Gasteiger partial charge in [-0.3, -0.25) is 4.79 Å².